The lowest BCUT2D eigenvalue weighted by molar-refractivity contribution is -0.135. The molecule has 1 unspecified atom stereocenters. The average molecular weight is 368 g/mol. The van der Waals surface area contributed by atoms with Crippen molar-refractivity contribution in [1.82, 2.24) is 20.4 Å². The van der Waals surface area contributed by atoms with Crippen LogP contribution in [0.3, 0.4) is 0 Å². The lowest BCUT2D eigenvalue weighted by Gasteiger charge is -2.37. The molecule has 7 nitrogen and oxygen atoms in total. The highest BCUT2D eigenvalue weighted by molar-refractivity contribution is 6.01. The number of rotatable bonds is 2. The van der Waals surface area contributed by atoms with E-state index in [2.05, 4.69) is 10.6 Å². The number of phenolic OH excluding ortho intramolecular Hbond substituents is 1. The van der Waals surface area contributed by atoms with E-state index < -0.39 is 0 Å². The number of hydrogen-bond acceptors (Lipinski definition) is 5. The topological polar surface area (TPSA) is 84.9 Å². The molecule has 3 N–H and O–H groups in total. The van der Waals surface area contributed by atoms with Crippen LogP contribution in [-0.4, -0.2) is 78.6 Å². The summed E-state index contributed by atoms with van der Waals surface area (Å²) < 4.78 is 0. The second-order valence-electron chi connectivity index (χ2n) is 7.04. The molecular formula is C20H24N4O3. The van der Waals surface area contributed by atoms with Crippen LogP contribution >= 0.6 is 0 Å². The summed E-state index contributed by atoms with van der Waals surface area (Å²) in [5, 5.41) is 18.6. The summed E-state index contributed by atoms with van der Waals surface area (Å²) in [5.74, 6) is -0.111. The third-order valence-electron chi connectivity index (χ3n) is 5.31. The first kappa shape index (κ1) is 17.8. The molecule has 0 bridgehead atoms. The Morgan fingerprint density at radius 1 is 0.963 bits per heavy atom. The summed E-state index contributed by atoms with van der Waals surface area (Å²) in [6.45, 7) is 4.27. The van der Waals surface area contributed by atoms with E-state index in [9.17, 15) is 14.7 Å². The van der Waals surface area contributed by atoms with Crippen LogP contribution in [-0.2, 0) is 4.79 Å². The number of piperazine rings is 2. The highest BCUT2D eigenvalue weighted by Gasteiger charge is 2.30. The van der Waals surface area contributed by atoms with Gasteiger partial charge in [0.15, 0.2) is 0 Å². The number of benzene rings is 2. The van der Waals surface area contributed by atoms with Gasteiger partial charge in [-0.2, -0.15) is 0 Å². The minimum Gasteiger partial charge on any atom is -0.507 e. The van der Waals surface area contributed by atoms with Gasteiger partial charge < -0.3 is 25.5 Å². The molecule has 142 valence electrons. The molecule has 2 heterocycles. The van der Waals surface area contributed by atoms with E-state index in [-0.39, 0.29) is 23.6 Å². The van der Waals surface area contributed by atoms with Crippen molar-refractivity contribution < 1.29 is 14.7 Å². The van der Waals surface area contributed by atoms with Crippen LogP contribution in [0.5, 0.6) is 5.75 Å². The molecule has 7 heteroatoms. The van der Waals surface area contributed by atoms with Crippen molar-refractivity contribution in [3.05, 3.63) is 42.0 Å². The largest absolute Gasteiger partial charge is 0.507 e. The second-order valence-corrected chi connectivity index (χ2v) is 7.04. The minimum absolute atomic E-state index is 0.00492. The molecule has 0 saturated carbocycles. The van der Waals surface area contributed by atoms with Crippen molar-refractivity contribution in [2.24, 2.45) is 0 Å². The van der Waals surface area contributed by atoms with Gasteiger partial charge in [0, 0.05) is 45.8 Å². The molecule has 2 aliphatic heterocycles. The maximum atomic E-state index is 12.9. The summed E-state index contributed by atoms with van der Waals surface area (Å²) in [6.07, 6.45) is 0. The number of fused-ring (bicyclic) bond motifs is 1. The van der Waals surface area contributed by atoms with Crippen LogP contribution < -0.4 is 10.6 Å². The number of amides is 2. The molecule has 2 fully saturated rings. The van der Waals surface area contributed by atoms with Gasteiger partial charge in [-0.1, -0.05) is 24.3 Å². The number of aromatic hydroxyl groups is 1. The monoisotopic (exact) mass is 368 g/mol. The summed E-state index contributed by atoms with van der Waals surface area (Å²) in [4.78, 5) is 29.0. The van der Waals surface area contributed by atoms with Gasteiger partial charge in [0.25, 0.3) is 5.91 Å². The standard InChI is InChI=1S/C20H24N4O3/c25-18-12-15-4-2-1-3-14(15)11-16(18)19(26)23-7-9-24(10-8-23)20(27)17-13-21-5-6-22-17/h1-4,11-12,17,21-22,25H,5-10,13H2. The molecule has 2 aliphatic rings. The van der Waals surface area contributed by atoms with E-state index >= 15 is 0 Å². The van der Waals surface area contributed by atoms with E-state index in [4.69, 9.17) is 0 Å². The van der Waals surface area contributed by atoms with Crippen molar-refractivity contribution in [3.63, 3.8) is 0 Å². The third kappa shape index (κ3) is 3.61. The fourth-order valence-electron chi connectivity index (χ4n) is 3.75. The van der Waals surface area contributed by atoms with Crippen LogP contribution in [0.15, 0.2) is 36.4 Å². The molecule has 2 amide bonds. The highest BCUT2D eigenvalue weighted by Crippen LogP contribution is 2.26. The summed E-state index contributed by atoms with van der Waals surface area (Å²) >= 11 is 0. The minimum atomic E-state index is -0.192. The average Bonchev–Trinajstić information content (AvgIpc) is 2.73. The first-order valence-corrected chi connectivity index (χ1v) is 9.37. The molecule has 2 aromatic rings. The van der Waals surface area contributed by atoms with E-state index in [0.29, 0.717) is 38.3 Å². The van der Waals surface area contributed by atoms with Crippen molar-refractivity contribution >= 4 is 22.6 Å². The zero-order valence-corrected chi connectivity index (χ0v) is 15.1. The van der Waals surface area contributed by atoms with Gasteiger partial charge in [-0.05, 0) is 22.9 Å². The Labute approximate surface area is 157 Å². The van der Waals surface area contributed by atoms with Crippen molar-refractivity contribution in [2.75, 3.05) is 45.8 Å². The lowest BCUT2D eigenvalue weighted by Crippen LogP contribution is -2.60. The van der Waals surface area contributed by atoms with Gasteiger partial charge in [0.05, 0.1) is 11.6 Å². The van der Waals surface area contributed by atoms with Crippen LogP contribution in [0.25, 0.3) is 10.8 Å². The van der Waals surface area contributed by atoms with E-state index in [1.807, 2.05) is 29.2 Å². The summed E-state index contributed by atoms with van der Waals surface area (Å²) in [5.41, 5.74) is 0.312. The fraction of sp³-hybridized carbons (Fsp3) is 0.400. The number of hydrogen-bond donors (Lipinski definition) is 3. The Bertz CT molecular complexity index is 855. The van der Waals surface area contributed by atoms with Crippen molar-refractivity contribution in [3.8, 4) is 5.75 Å². The maximum absolute atomic E-state index is 12.9. The summed E-state index contributed by atoms with van der Waals surface area (Å²) in [7, 11) is 0. The molecule has 0 aromatic heterocycles. The first-order valence-electron chi connectivity index (χ1n) is 9.37. The molecule has 2 saturated heterocycles. The van der Waals surface area contributed by atoms with Gasteiger partial charge in [-0.25, -0.2) is 0 Å². The van der Waals surface area contributed by atoms with Crippen LogP contribution in [0.4, 0.5) is 0 Å². The molecule has 0 spiro atoms. The predicted molar refractivity (Wildman–Crippen MR) is 103 cm³/mol. The number of carbonyl (C=O) groups is 2. The Balaban J connectivity index is 1.43. The third-order valence-corrected chi connectivity index (χ3v) is 5.31. The van der Waals surface area contributed by atoms with E-state index in [1.54, 1.807) is 17.0 Å². The number of carbonyl (C=O) groups excluding carboxylic acids is 2. The van der Waals surface area contributed by atoms with Gasteiger partial charge in [0.2, 0.25) is 5.91 Å². The summed E-state index contributed by atoms with van der Waals surface area (Å²) in [6, 6.07) is 10.8. The van der Waals surface area contributed by atoms with Crippen LogP contribution in [0, 0.1) is 0 Å². The Hall–Kier alpha value is -2.64. The SMILES string of the molecule is O=C(c1cc2ccccc2cc1O)N1CCN(C(=O)C2CNCCN2)CC1. The molecule has 2 aromatic carbocycles. The van der Waals surface area contributed by atoms with Crippen LogP contribution in [0.1, 0.15) is 10.4 Å². The normalized spacial score (nSPS) is 20.7. The smallest absolute Gasteiger partial charge is 0.257 e. The molecule has 4 rings (SSSR count). The number of phenols is 1. The number of nitrogens with one attached hydrogen (secondary N) is 2. The van der Waals surface area contributed by atoms with E-state index in [1.165, 1.54) is 0 Å². The van der Waals surface area contributed by atoms with Gasteiger partial charge >= 0.3 is 0 Å². The van der Waals surface area contributed by atoms with Crippen molar-refractivity contribution in [1.29, 1.82) is 0 Å². The zero-order chi connectivity index (χ0) is 18.8. The van der Waals surface area contributed by atoms with Gasteiger partial charge in [0.1, 0.15) is 5.75 Å². The number of nitrogens with zero attached hydrogens (tertiary/aromatic N) is 2. The highest BCUT2D eigenvalue weighted by atomic mass is 16.3. The Morgan fingerprint density at radius 3 is 2.30 bits per heavy atom. The Kier molecular flexibility index (Phi) is 4.96. The molecule has 1 atom stereocenters. The molecule has 27 heavy (non-hydrogen) atoms. The van der Waals surface area contributed by atoms with Gasteiger partial charge in [-0.15, -0.1) is 0 Å². The Morgan fingerprint density at radius 2 is 1.63 bits per heavy atom. The predicted octanol–water partition coefficient (Wildman–Crippen LogP) is 0.391. The van der Waals surface area contributed by atoms with Crippen molar-refractivity contribution in [2.45, 2.75) is 6.04 Å². The quantitative estimate of drug-likeness (QED) is 0.714. The molecular weight excluding hydrogens is 344 g/mol. The van der Waals surface area contributed by atoms with Crippen LogP contribution in [0.2, 0.25) is 0 Å². The van der Waals surface area contributed by atoms with Gasteiger partial charge in [-0.3, -0.25) is 9.59 Å². The second kappa shape index (κ2) is 7.54. The first-order chi connectivity index (χ1) is 13.1. The lowest BCUT2D eigenvalue weighted by atomic mass is 10.0. The van der Waals surface area contributed by atoms with E-state index in [0.717, 1.165) is 23.9 Å². The fourth-order valence-corrected chi connectivity index (χ4v) is 3.75. The molecule has 0 aliphatic carbocycles. The molecule has 0 radical (unpaired) electrons. The maximum Gasteiger partial charge on any atom is 0.257 e. The zero-order valence-electron chi connectivity index (χ0n) is 15.1.